The summed E-state index contributed by atoms with van der Waals surface area (Å²) >= 11 is 0. The number of nitrogens with zero attached hydrogens (tertiary/aromatic N) is 1. The fraction of sp³-hybridized carbons (Fsp3) is 0.833. The first-order chi connectivity index (χ1) is 4.70. The summed E-state index contributed by atoms with van der Waals surface area (Å²) in [7, 11) is 0. The summed E-state index contributed by atoms with van der Waals surface area (Å²) in [6, 6.07) is 0.249. The zero-order valence-electron chi connectivity index (χ0n) is 5.53. The van der Waals surface area contributed by atoms with E-state index >= 15 is 0 Å². The van der Waals surface area contributed by atoms with Gasteiger partial charge in [0.05, 0.1) is 6.04 Å². The summed E-state index contributed by atoms with van der Waals surface area (Å²) in [6.07, 6.45) is 0.161. The van der Waals surface area contributed by atoms with Crippen molar-refractivity contribution in [1.82, 2.24) is 4.90 Å². The van der Waals surface area contributed by atoms with Gasteiger partial charge in [0.2, 0.25) is 0 Å². The number of hydrogen-bond acceptors (Lipinski definition) is 2. The van der Waals surface area contributed by atoms with Crippen molar-refractivity contribution in [3.63, 3.8) is 0 Å². The lowest BCUT2D eigenvalue weighted by Crippen LogP contribution is -2.50. The molecule has 56 valence electrons. The molecule has 3 rings (SSSR count). The van der Waals surface area contributed by atoms with Crippen LogP contribution >= 0.6 is 0 Å². The molecule has 3 fully saturated rings. The first-order valence-corrected chi connectivity index (χ1v) is 3.45. The maximum atomic E-state index is 10.5. The number of nitrogens with two attached hydrogens (primary N) is 1. The monoisotopic (exact) mass is 142 g/mol. The molecule has 3 atom stereocenters. The van der Waals surface area contributed by atoms with Crippen LogP contribution in [-0.2, 0) is 0 Å². The van der Waals surface area contributed by atoms with Crippen LogP contribution in [0, 0.1) is 5.92 Å². The molecule has 1 amide bonds. The molecule has 2 aliphatic heterocycles. The normalized spacial score (nSPS) is 43.3. The van der Waals surface area contributed by atoms with Crippen LogP contribution in [0.1, 0.15) is 6.42 Å². The molecule has 2 heterocycles. The van der Waals surface area contributed by atoms with Crippen LogP contribution in [0.15, 0.2) is 0 Å². The summed E-state index contributed by atoms with van der Waals surface area (Å²) in [4.78, 5) is 11.9. The van der Waals surface area contributed by atoms with Gasteiger partial charge in [-0.25, -0.2) is 4.79 Å². The van der Waals surface area contributed by atoms with Gasteiger partial charge in [0.15, 0.2) is 0 Å². The molecule has 0 aromatic heterocycles. The second-order valence-electron chi connectivity index (χ2n) is 3.08. The van der Waals surface area contributed by atoms with Crippen molar-refractivity contribution in [2.45, 2.75) is 18.5 Å². The number of fused-ring (bicyclic) bond motifs is 1. The average molecular weight is 142 g/mol. The minimum Gasteiger partial charge on any atom is -0.465 e. The average Bonchev–Trinajstić information content (AvgIpc) is 2.40. The Morgan fingerprint density at radius 3 is 2.60 bits per heavy atom. The van der Waals surface area contributed by atoms with Crippen LogP contribution in [0.2, 0.25) is 0 Å². The lowest BCUT2D eigenvalue weighted by Gasteiger charge is -2.32. The largest absolute Gasteiger partial charge is 0.465 e. The first-order valence-electron chi connectivity index (χ1n) is 3.45. The molecular weight excluding hydrogens is 132 g/mol. The van der Waals surface area contributed by atoms with Crippen LogP contribution in [-0.4, -0.2) is 34.7 Å². The summed E-state index contributed by atoms with van der Waals surface area (Å²) in [6.45, 7) is 0.654. The van der Waals surface area contributed by atoms with Crippen molar-refractivity contribution in [3.8, 4) is 0 Å². The third-order valence-corrected chi connectivity index (χ3v) is 2.61. The number of carboxylic acid groups (broad SMARTS) is 1. The highest BCUT2D eigenvalue weighted by Gasteiger charge is 2.51. The van der Waals surface area contributed by atoms with Gasteiger partial charge < -0.3 is 15.7 Å². The Morgan fingerprint density at radius 2 is 2.40 bits per heavy atom. The molecule has 1 aliphatic carbocycles. The fourth-order valence-electron chi connectivity index (χ4n) is 1.88. The van der Waals surface area contributed by atoms with E-state index in [1.807, 2.05) is 0 Å². The van der Waals surface area contributed by atoms with E-state index in [0.29, 0.717) is 12.5 Å². The highest BCUT2D eigenvalue weighted by atomic mass is 16.4. The fourth-order valence-corrected chi connectivity index (χ4v) is 1.88. The van der Waals surface area contributed by atoms with Crippen LogP contribution < -0.4 is 5.73 Å². The molecule has 0 aromatic carbocycles. The van der Waals surface area contributed by atoms with Gasteiger partial charge in [-0.3, -0.25) is 0 Å². The predicted octanol–water partition coefficient (Wildman–Crippen LogP) is -0.304. The second kappa shape index (κ2) is 1.63. The van der Waals surface area contributed by atoms with E-state index in [0.717, 1.165) is 6.42 Å². The van der Waals surface area contributed by atoms with Gasteiger partial charge in [-0.05, 0) is 12.3 Å². The quantitative estimate of drug-likeness (QED) is 0.487. The Bertz CT molecular complexity index is 183. The molecule has 0 aromatic rings. The molecule has 1 saturated carbocycles. The van der Waals surface area contributed by atoms with Crippen molar-refractivity contribution in [3.05, 3.63) is 0 Å². The van der Waals surface area contributed by atoms with E-state index in [-0.39, 0.29) is 12.1 Å². The minimum absolute atomic E-state index is 0.121. The van der Waals surface area contributed by atoms with Crippen LogP contribution in [0.5, 0.6) is 0 Å². The highest BCUT2D eigenvalue weighted by Crippen LogP contribution is 2.39. The Labute approximate surface area is 58.6 Å². The summed E-state index contributed by atoms with van der Waals surface area (Å²) in [5, 5.41) is 8.60. The third kappa shape index (κ3) is 0.520. The smallest absolute Gasteiger partial charge is 0.407 e. The summed E-state index contributed by atoms with van der Waals surface area (Å²) in [5.41, 5.74) is 5.65. The van der Waals surface area contributed by atoms with Gasteiger partial charge in [0.25, 0.3) is 0 Å². The molecule has 3 N–H and O–H groups in total. The van der Waals surface area contributed by atoms with Gasteiger partial charge in [-0.15, -0.1) is 0 Å². The van der Waals surface area contributed by atoms with Gasteiger partial charge in [-0.2, -0.15) is 0 Å². The Morgan fingerprint density at radius 1 is 1.70 bits per heavy atom. The Balaban J connectivity index is 2.10. The molecule has 2 saturated heterocycles. The van der Waals surface area contributed by atoms with Crippen molar-refractivity contribution in [2.75, 3.05) is 6.54 Å². The van der Waals surface area contributed by atoms with Crippen molar-refractivity contribution in [1.29, 1.82) is 0 Å². The zero-order valence-corrected chi connectivity index (χ0v) is 5.53. The summed E-state index contributed by atoms with van der Waals surface area (Å²) in [5.74, 6) is 0.445. The lowest BCUT2D eigenvalue weighted by molar-refractivity contribution is 0.138. The maximum absolute atomic E-state index is 10.5. The van der Waals surface area contributed by atoms with E-state index in [2.05, 4.69) is 0 Å². The predicted molar refractivity (Wildman–Crippen MR) is 34.6 cm³/mol. The standard InChI is InChI=1S/C6H10N2O2/c7-5-3-1-4(5)8(2-3)6(9)10/h3-5H,1-2,7H2,(H,9,10)/t3?,4?,5-/m0/s1. The second-order valence-corrected chi connectivity index (χ2v) is 3.08. The van der Waals surface area contributed by atoms with E-state index in [1.54, 1.807) is 0 Å². The lowest BCUT2D eigenvalue weighted by atomic mass is 9.81. The Kier molecular flexibility index (Phi) is 0.976. The maximum Gasteiger partial charge on any atom is 0.407 e. The molecule has 3 aliphatic rings. The molecule has 0 spiro atoms. The van der Waals surface area contributed by atoms with Crippen LogP contribution in [0.25, 0.3) is 0 Å². The zero-order chi connectivity index (χ0) is 7.30. The molecule has 4 nitrogen and oxygen atoms in total. The van der Waals surface area contributed by atoms with Gasteiger partial charge >= 0.3 is 6.09 Å². The van der Waals surface area contributed by atoms with E-state index in [1.165, 1.54) is 4.90 Å². The SMILES string of the molecule is N[C@H]1C2CC1N(C(=O)O)C2. The van der Waals surface area contributed by atoms with E-state index in [9.17, 15) is 4.79 Å². The van der Waals surface area contributed by atoms with E-state index < -0.39 is 6.09 Å². The molecule has 10 heavy (non-hydrogen) atoms. The van der Waals surface area contributed by atoms with Crippen molar-refractivity contribution in [2.24, 2.45) is 11.7 Å². The topological polar surface area (TPSA) is 66.6 Å². The minimum atomic E-state index is -0.819. The van der Waals surface area contributed by atoms with Gasteiger partial charge in [0.1, 0.15) is 0 Å². The third-order valence-electron chi connectivity index (χ3n) is 2.61. The number of amides is 1. The number of carbonyl (C=O) groups is 1. The van der Waals surface area contributed by atoms with Crippen LogP contribution in [0.3, 0.4) is 0 Å². The van der Waals surface area contributed by atoms with Crippen molar-refractivity contribution < 1.29 is 9.90 Å². The highest BCUT2D eigenvalue weighted by molar-refractivity contribution is 5.67. The number of rotatable bonds is 0. The van der Waals surface area contributed by atoms with E-state index in [4.69, 9.17) is 10.8 Å². The number of hydrogen-bond donors (Lipinski definition) is 2. The van der Waals surface area contributed by atoms with Crippen LogP contribution in [0.4, 0.5) is 4.79 Å². The molecule has 2 bridgehead atoms. The van der Waals surface area contributed by atoms with Crippen molar-refractivity contribution >= 4 is 6.09 Å². The Hall–Kier alpha value is -0.770. The molecule has 4 heteroatoms. The molecule has 0 radical (unpaired) electrons. The summed E-state index contributed by atoms with van der Waals surface area (Å²) < 4.78 is 0. The first kappa shape index (κ1) is 5.97. The molecule has 2 unspecified atom stereocenters. The molecular formula is C6H10N2O2. The van der Waals surface area contributed by atoms with Gasteiger partial charge in [0, 0.05) is 12.6 Å². The van der Waals surface area contributed by atoms with Gasteiger partial charge in [-0.1, -0.05) is 0 Å².